The van der Waals surface area contributed by atoms with E-state index in [1.807, 2.05) is 6.92 Å². The van der Waals surface area contributed by atoms with Crippen LogP contribution in [0.15, 0.2) is 22.7 Å². The molecule has 0 aromatic carbocycles. The zero-order valence-electron chi connectivity index (χ0n) is 12.4. The number of hydrogen-bond acceptors (Lipinski definition) is 5. The van der Waals surface area contributed by atoms with Crippen molar-refractivity contribution < 1.29 is 27.5 Å². The topological polar surface area (TPSA) is 75.4 Å². The van der Waals surface area contributed by atoms with Crippen molar-refractivity contribution in [2.75, 3.05) is 0 Å². The number of aromatic nitrogens is 1. The Bertz CT molecular complexity index is 695. The van der Waals surface area contributed by atoms with Crippen LogP contribution in [-0.4, -0.2) is 22.2 Å². The molecule has 0 aliphatic rings. The molecule has 2 N–H and O–H groups in total. The molecule has 126 valence electrons. The van der Waals surface area contributed by atoms with Gasteiger partial charge < -0.3 is 14.8 Å². The maximum atomic E-state index is 13.2. The molecule has 0 spiro atoms. The number of aryl methyl sites for hydroxylation is 2. The molecule has 0 bridgehead atoms. The van der Waals surface area contributed by atoms with Crippen molar-refractivity contribution in [1.29, 1.82) is 0 Å². The lowest BCUT2D eigenvalue weighted by atomic mass is 9.95. The number of carbonyl (C=O) groups is 1. The van der Waals surface area contributed by atoms with Crippen LogP contribution in [0.3, 0.4) is 0 Å². The molecule has 9 heteroatoms. The van der Waals surface area contributed by atoms with E-state index in [0.29, 0.717) is 5.01 Å². The van der Waals surface area contributed by atoms with Crippen molar-refractivity contribution in [1.82, 2.24) is 10.3 Å². The van der Waals surface area contributed by atoms with Gasteiger partial charge in [0.25, 0.3) is 0 Å². The number of hydrogen-bond donors (Lipinski definition) is 2. The summed E-state index contributed by atoms with van der Waals surface area (Å²) in [6.45, 7) is 3.28. The average Bonchev–Trinajstić information content (AvgIpc) is 3.04. The fourth-order valence-electron chi connectivity index (χ4n) is 1.94. The second-order valence-electron chi connectivity index (χ2n) is 5.09. The molecule has 2 rings (SSSR count). The number of halogens is 3. The Morgan fingerprint density at radius 2 is 2.09 bits per heavy atom. The van der Waals surface area contributed by atoms with Crippen molar-refractivity contribution in [3.63, 3.8) is 0 Å². The average molecular weight is 348 g/mol. The number of furan rings is 1. The van der Waals surface area contributed by atoms with Crippen LogP contribution in [0.2, 0.25) is 0 Å². The molecule has 2 heterocycles. The van der Waals surface area contributed by atoms with Gasteiger partial charge in [-0.15, -0.1) is 11.3 Å². The first-order chi connectivity index (χ1) is 10.6. The molecular formula is C14H15F3N2O3S. The van der Waals surface area contributed by atoms with Gasteiger partial charge in [-0.3, -0.25) is 4.79 Å². The van der Waals surface area contributed by atoms with Crippen LogP contribution >= 0.6 is 11.3 Å². The van der Waals surface area contributed by atoms with Crippen LogP contribution in [0, 0.1) is 13.8 Å². The molecule has 0 aliphatic heterocycles. The van der Waals surface area contributed by atoms with Gasteiger partial charge in [0, 0.05) is 11.1 Å². The van der Waals surface area contributed by atoms with E-state index >= 15 is 0 Å². The van der Waals surface area contributed by atoms with E-state index in [2.05, 4.69) is 10.3 Å². The third-order valence-electron chi connectivity index (χ3n) is 3.14. The number of nitrogens with one attached hydrogen (secondary N) is 1. The molecular weight excluding hydrogens is 333 g/mol. The lowest BCUT2D eigenvalue weighted by molar-refractivity contribution is -0.273. The predicted octanol–water partition coefficient (Wildman–Crippen LogP) is 2.81. The minimum atomic E-state index is -5.05. The van der Waals surface area contributed by atoms with E-state index in [1.54, 1.807) is 6.20 Å². The molecule has 2 aromatic rings. The third-order valence-corrected chi connectivity index (χ3v) is 4.05. The van der Waals surface area contributed by atoms with Gasteiger partial charge in [0.15, 0.2) is 0 Å². The number of carbonyl (C=O) groups excluding carboxylic acids is 1. The van der Waals surface area contributed by atoms with Crippen LogP contribution in [-0.2, 0) is 16.9 Å². The summed E-state index contributed by atoms with van der Waals surface area (Å²) in [6.07, 6.45) is -4.63. The SMILES string of the molecule is Cc1ccc(C(O)(CC(=O)NCc2ncc(C)s2)C(F)(F)F)o1. The van der Waals surface area contributed by atoms with E-state index < -0.39 is 29.9 Å². The van der Waals surface area contributed by atoms with E-state index in [9.17, 15) is 23.1 Å². The van der Waals surface area contributed by atoms with Crippen molar-refractivity contribution in [3.8, 4) is 0 Å². The van der Waals surface area contributed by atoms with Crippen LogP contribution in [0.1, 0.15) is 27.8 Å². The number of thiazole rings is 1. The maximum absolute atomic E-state index is 13.2. The summed E-state index contributed by atoms with van der Waals surface area (Å²) in [7, 11) is 0. The Labute approximate surface area is 134 Å². The smallest absolute Gasteiger partial charge is 0.425 e. The van der Waals surface area contributed by atoms with Crippen molar-refractivity contribution in [3.05, 3.63) is 39.7 Å². The number of alkyl halides is 3. The van der Waals surface area contributed by atoms with Crippen LogP contribution in [0.25, 0.3) is 0 Å². The summed E-state index contributed by atoms with van der Waals surface area (Å²) in [5.74, 6) is -1.45. The molecule has 0 saturated carbocycles. The largest absolute Gasteiger partial charge is 0.463 e. The Balaban J connectivity index is 2.10. The molecule has 0 aliphatic carbocycles. The fraction of sp³-hybridized carbons (Fsp3) is 0.429. The van der Waals surface area contributed by atoms with Gasteiger partial charge in [-0.25, -0.2) is 4.98 Å². The molecule has 1 atom stereocenters. The summed E-state index contributed by atoms with van der Waals surface area (Å²) in [4.78, 5) is 16.7. The number of nitrogens with zero attached hydrogens (tertiary/aromatic N) is 1. The number of rotatable bonds is 5. The Kier molecular flexibility index (Phi) is 4.81. The second kappa shape index (κ2) is 6.32. The first-order valence-corrected chi connectivity index (χ1v) is 7.47. The first kappa shape index (κ1) is 17.5. The third kappa shape index (κ3) is 3.91. The molecule has 0 fully saturated rings. The van der Waals surface area contributed by atoms with Gasteiger partial charge in [-0.05, 0) is 26.0 Å². The monoisotopic (exact) mass is 348 g/mol. The highest BCUT2D eigenvalue weighted by Crippen LogP contribution is 2.42. The van der Waals surface area contributed by atoms with E-state index in [-0.39, 0.29) is 12.3 Å². The van der Waals surface area contributed by atoms with Crippen LogP contribution in [0.5, 0.6) is 0 Å². The Morgan fingerprint density at radius 3 is 2.57 bits per heavy atom. The zero-order chi connectivity index (χ0) is 17.3. The molecule has 0 saturated heterocycles. The van der Waals surface area contributed by atoms with Crippen molar-refractivity contribution in [2.24, 2.45) is 0 Å². The second-order valence-corrected chi connectivity index (χ2v) is 6.41. The van der Waals surface area contributed by atoms with Crippen LogP contribution < -0.4 is 5.32 Å². The molecule has 0 radical (unpaired) electrons. The lowest BCUT2D eigenvalue weighted by Gasteiger charge is -2.27. The highest BCUT2D eigenvalue weighted by molar-refractivity contribution is 7.11. The highest BCUT2D eigenvalue weighted by atomic mass is 32.1. The Hall–Kier alpha value is -1.87. The number of amides is 1. The highest BCUT2D eigenvalue weighted by Gasteiger charge is 2.58. The van der Waals surface area contributed by atoms with E-state index in [0.717, 1.165) is 10.9 Å². The van der Waals surface area contributed by atoms with Gasteiger partial charge >= 0.3 is 6.18 Å². The van der Waals surface area contributed by atoms with Crippen LogP contribution in [0.4, 0.5) is 13.2 Å². The van der Waals surface area contributed by atoms with Gasteiger partial charge in [0.05, 0.1) is 13.0 Å². The maximum Gasteiger partial charge on any atom is 0.425 e. The molecule has 1 unspecified atom stereocenters. The first-order valence-electron chi connectivity index (χ1n) is 6.66. The van der Waals surface area contributed by atoms with Gasteiger partial charge in [-0.2, -0.15) is 13.2 Å². The summed E-state index contributed by atoms with van der Waals surface area (Å²) in [6, 6.07) is 2.31. The summed E-state index contributed by atoms with van der Waals surface area (Å²) in [5.41, 5.74) is -3.37. The van der Waals surface area contributed by atoms with Gasteiger partial charge in [0.2, 0.25) is 11.5 Å². The fourth-order valence-corrected chi connectivity index (χ4v) is 2.66. The van der Waals surface area contributed by atoms with E-state index in [1.165, 1.54) is 24.3 Å². The summed E-state index contributed by atoms with van der Waals surface area (Å²) >= 11 is 1.32. The molecule has 23 heavy (non-hydrogen) atoms. The summed E-state index contributed by atoms with van der Waals surface area (Å²) in [5, 5.41) is 12.9. The minimum absolute atomic E-state index is 0.00244. The zero-order valence-corrected chi connectivity index (χ0v) is 13.2. The van der Waals surface area contributed by atoms with Gasteiger partial charge in [-0.1, -0.05) is 0 Å². The normalized spacial score (nSPS) is 14.5. The Morgan fingerprint density at radius 1 is 1.39 bits per heavy atom. The molecule has 2 aromatic heterocycles. The number of aliphatic hydroxyl groups is 1. The molecule has 5 nitrogen and oxygen atoms in total. The standard InChI is InChI=1S/C14H15F3N2O3S/c1-8-3-4-10(22-8)13(21,14(15,16)17)5-11(20)18-7-12-19-6-9(2)23-12/h3-4,6,21H,5,7H2,1-2H3,(H,18,20). The summed E-state index contributed by atoms with van der Waals surface area (Å²) < 4.78 is 44.6. The quantitative estimate of drug-likeness (QED) is 0.871. The molecule has 1 amide bonds. The van der Waals surface area contributed by atoms with Crippen molar-refractivity contribution in [2.45, 2.75) is 38.6 Å². The van der Waals surface area contributed by atoms with Gasteiger partial charge in [0.1, 0.15) is 16.5 Å². The van der Waals surface area contributed by atoms with E-state index in [4.69, 9.17) is 4.42 Å². The minimum Gasteiger partial charge on any atom is -0.463 e. The lowest BCUT2D eigenvalue weighted by Crippen LogP contribution is -2.45. The predicted molar refractivity (Wildman–Crippen MR) is 76.7 cm³/mol. The van der Waals surface area contributed by atoms with Crippen molar-refractivity contribution >= 4 is 17.2 Å².